The van der Waals surface area contributed by atoms with Crippen molar-refractivity contribution in [2.45, 2.75) is 37.1 Å². The lowest BCUT2D eigenvalue weighted by Gasteiger charge is -2.35. The molecule has 0 aromatic heterocycles. The van der Waals surface area contributed by atoms with Gasteiger partial charge in [0.25, 0.3) is 5.91 Å². The molecule has 1 fully saturated rings. The van der Waals surface area contributed by atoms with E-state index in [4.69, 9.17) is 23.2 Å². The van der Waals surface area contributed by atoms with Gasteiger partial charge in [-0.1, -0.05) is 24.4 Å². The van der Waals surface area contributed by atoms with E-state index >= 15 is 0 Å². The molecule has 5 heteroatoms. The number of alkyl halides is 1. The average Bonchev–Trinajstić information content (AvgIpc) is 2.40. The van der Waals surface area contributed by atoms with Crippen molar-refractivity contribution in [1.29, 1.82) is 0 Å². The Morgan fingerprint density at radius 1 is 1.37 bits per heavy atom. The van der Waals surface area contributed by atoms with Gasteiger partial charge >= 0.3 is 0 Å². The highest BCUT2D eigenvalue weighted by Crippen LogP contribution is 2.29. The maximum absolute atomic E-state index is 12.4. The Morgan fingerprint density at radius 2 is 2.05 bits per heavy atom. The minimum atomic E-state index is -0.196. The van der Waals surface area contributed by atoms with Crippen molar-refractivity contribution in [2.24, 2.45) is 0 Å². The second kappa shape index (κ2) is 6.02. The number of amides is 1. The van der Waals surface area contributed by atoms with Gasteiger partial charge in [0.05, 0.1) is 16.0 Å². The highest BCUT2D eigenvalue weighted by atomic mass is 35.5. The smallest absolute Gasteiger partial charge is 0.255 e. The van der Waals surface area contributed by atoms with E-state index in [1.54, 1.807) is 11.9 Å². The summed E-state index contributed by atoms with van der Waals surface area (Å²) >= 11 is 12.3. The van der Waals surface area contributed by atoms with Gasteiger partial charge in [0.2, 0.25) is 0 Å². The van der Waals surface area contributed by atoms with Gasteiger partial charge in [0.15, 0.2) is 0 Å². The number of aromatic hydroxyl groups is 1. The number of phenolic OH excluding ortho intramolecular Hbond substituents is 1. The van der Waals surface area contributed by atoms with Crippen LogP contribution in [0.4, 0.5) is 0 Å². The number of carbonyl (C=O) groups is 1. The lowest BCUT2D eigenvalue weighted by molar-refractivity contribution is 0.0700. The summed E-state index contributed by atoms with van der Waals surface area (Å²) < 4.78 is 0. The number of halogens is 2. The molecule has 1 saturated carbocycles. The quantitative estimate of drug-likeness (QED) is 0.847. The summed E-state index contributed by atoms with van der Waals surface area (Å²) in [5, 5.41) is 9.80. The van der Waals surface area contributed by atoms with Gasteiger partial charge in [-0.3, -0.25) is 4.79 Å². The summed E-state index contributed by atoms with van der Waals surface area (Å²) in [5.41, 5.74) is 0.318. The first-order valence-corrected chi connectivity index (χ1v) is 7.22. The molecule has 0 bridgehead atoms. The minimum Gasteiger partial charge on any atom is -0.508 e. The van der Waals surface area contributed by atoms with Crippen molar-refractivity contribution in [3.63, 3.8) is 0 Å². The predicted octanol–water partition coefficient (Wildman–Crippen LogP) is 3.67. The third-order valence-corrected chi connectivity index (χ3v) is 4.48. The molecule has 1 N–H and O–H groups in total. The Balaban J connectivity index is 2.20. The first-order chi connectivity index (χ1) is 9.00. The van der Waals surface area contributed by atoms with Gasteiger partial charge in [0.1, 0.15) is 5.75 Å². The van der Waals surface area contributed by atoms with E-state index in [0.717, 1.165) is 25.7 Å². The SMILES string of the molecule is CN(C(=O)c1cc(O)ccc1Cl)C1CCCCC1Cl. The van der Waals surface area contributed by atoms with Crippen molar-refractivity contribution in [1.82, 2.24) is 4.90 Å². The zero-order valence-electron chi connectivity index (χ0n) is 10.8. The van der Waals surface area contributed by atoms with Crippen molar-refractivity contribution < 1.29 is 9.90 Å². The van der Waals surface area contributed by atoms with Crippen LogP contribution in [0.1, 0.15) is 36.0 Å². The molecule has 0 aliphatic heterocycles. The standard InChI is InChI=1S/C14H17Cl2NO2/c1-17(13-5-3-2-4-12(13)16)14(19)10-8-9(18)6-7-11(10)15/h6-8,12-13,18H,2-5H2,1H3. The number of carbonyl (C=O) groups excluding carboxylic acids is 1. The predicted molar refractivity (Wildman–Crippen MR) is 77.1 cm³/mol. The van der Waals surface area contributed by atoms with Crippen molar-refractivity contribution >= 4 is 29.1 Å². The van der Waals surface area contributed by atoms with E-state index < -0.39 is 0 Å². The second-order valence-electron chi connectivity index (χ2n) is 4.95. The molecule has 1 aliphatic rings. The monoisotopic (exact) mass is 301 g/mol. The van der Waals surface area contributed by atoms with E-state index in [2.05, 4.69) is 0 Å². The molecule has 0 spiro atoms. The molecular weight excluding hydrogens is 285 g/mol. The molecule has 0 saturated heterocycles. The van der Waals surface area contributed by atoms with E-state index in [1.165, 1.54) is 18.2 Å². The van der Waals surface area contributed by atoms with Gasteiger partial charge in [-0.25, -0.2) is 0 Å². The Labute approximate surface area is 123 Å². The van der Waals surface area contributed by atoms with Crippen molar-refractivity contribution in [2.75, 3.05) is 7.05 Å². The Morgan fingerprint density at radius 3 is 2.74 bits per heavy atom. The van der Waals surface area contributed by atoms with Crippen LogP contribution in [0.15, 0.2) is 18.2 Å². The fourth-order valence-electron chi connectivity index (χ4n) is 2.52. The average molecular weight is 302 g/mol. The van der Waals surface area contributed by atoms with Crippen LogP contribution in [-0.4, -0.2) is 34.4 Å². The van der Waals surface area contributed by atoms with E-state index in [-0.39, 0.29) is 23.1 Å². The van der Waals surface area contributed by atoms with E-state index in [1.807, 2.05) is 0 Å². The topological polar surface area (TPSA) is 40.5 Å². The highest BCUT2D eigenvalue weighted by Gasteiger charge is 2.30. The van der Waals surface area contributed by atoms with Crippen LogP contribution in [-0.2, 0) is 0 Å². The number of phenols is 1. The van der Waals surface area contributed by atoms with E-state index in [0.29, 0.717) is 10.6 Å². The summed E-state index contributed by atoms with van der Waals surface area (Å²) in [5.74, 6) is -0.161. The minimum absolute atomic E-state index is 0.0150. The number of hydrogen-bond acceptors (Lipinski definition) is 2. The van der Waals surface area contributed by atoms with Crippen molar-refractivity contribution in [3.8, 4) is 5.75 Å². The van der Waals surface area contributed by atoms with Gasteiger partial charge in [0, 0.05) is 13.1 Å². The normalized spacial score (nSPS) is 23.1. The summed E-state index contributed by atoms with van der Waals surface area (Å²) in [6, 6.07) is 4.41. The second-order valence-corrected chi connectivity index (χ2v) is 5.92. The van der Waals surface area contributed by atoms with Gasteiger partial charge in [-0.2, -0.15) is 0 Å². The van der Waals surface area contributed by atoms with Crippen LogP contribution in [0.2, 0.25) is 5.02 Å². The fourth-order valence-corrected chi connectivity index (χ4v) is 3.17. The number of nitrogens with zero attached hydrogens (tertiary/aromatic N) is 1. The molecule has 1 aliphatic carbocycles. The Bertz CT molecular complexity index is 479. The van der Waals surface area contributed by atoms with Crippen LogP contribution in [0.5, 0.6) is 5.75 Å². The molecule has 2 unspecified atom stereocenters. The molecule has 1 aromatic rings. The third kappa shape index (κ3) is 3.15. The number of benzene rings is 1. The molecule has 19 heavy (non-hydrogen) atoms. The summed E-state index contributed by atoms with van der Waals surface area (Å²) in [4.78, 5) is 14.1. The molecule has 0 heterocycles. The summed E-state index contributed by atoms with van der Waals surface area (Å²) in [6.45, 7) is 0. The number of hydrogen-bond donors (Lipinski definition) is 1. The highest BCUT2D eigenvalue weighted by molar-refractivity contribution is 6.33. The summed E-state index contributed by atoms with van der Waals surface area (Å²) in [6.07, 6.45) is 4.03. The third-order valence-electron chi connectivity index (χ3n) is 3.65. The maximum atomic E-state index is 12.4. The first kappa shape index (κ1) is 14.5. The van der Waals surface area contributed by atoms with Gasteiger partial charge in [-0.05, 0) is 31.0 Å². The van der Waals surface area contributed by atoms with Crippen LogP contribution in [0, 0.1) is 0 Å². The first-order valence-electron chi connectivity index (χ1n) is 6.40. The van der Waals surface area contributed by atoms with Crippen LogP contribution >= 0.6 is 23.2 Å². The Hall–Kier alpha value is -0.930. The van der Waals surface area contributed by atoms with Crippen LogP contribution in [0.25, 0.3) is 0 Å². The Kier molecular flexibility index (Phi) is 4.58. The molecule has 2 atom stereocenters. The van der Waals surface area contributed by atoms with E-state index in [9.17, 15) is 9.90 Å². The fraction of sp³-hybridized carbons (Fsp3) is 0.500. The largest absolute Gasteiger partial charge is 0.508 e. The lowest BCUT2D eigenvalue weighted by Crippen LogP contribution is -2.44. The molecule has 0 radical (unpaired) electrons. The molecule has 1 amide bonds. The number of rotatable bonds is 2. The lowest BCUT2D eigenvalue weighted by atomic mass is 9.93. The molecule has 2 rings (SSSR count). The van der Waals surface area contributed by atoms with Gasteiger partial charge < -0.3 is 10.0 Å². The molecule has 3 nitrogen and oxygen atoms in total. The zero-order chi connectivity index (χ0) is 14.0. The van der Waals surface area contributed by atoms with Crippen LogP contribution in [0.3, 0.4) is 0 Å². The molecular formula is C14H17Cl2NO2. The van der Waals surface area contributed by atoms with Gasteiger partial charge in [-0.15, -0.1) is 11.6 Å². The summed E-state index contributed by atoms with van der Waals surface area (Å²) in [7, 11) is 1.74. The van der Waals surface area contributed by atoms with Crippen LogP contribution < -0.4 is 0 Å². The maximum Gasteiger partial charge on any atom is 0.255 e. The molecule has 1 aromatic carbocycles. The zero-order valence-corrected chi connectivity index (χ0v) is 12.3. The molecule has 104 valence electrons. The van der Waals surface area contributed by atoms with Crippen molar-refractivity contribution in [3.05, 3.63) is 28.8 Å².